The second kappa shape index (κ2) is 4.52. The van der Waals surface area contributed by atoms with Gasteiger partial charge in [-0.25, -0.2) is 19.3 Å². The average molecular weight is 287 g/mol. The molecule has 6 nitrogen and oxygen atoms in total. The van der Waals surface area contributed by atoms with Gasteiger partial charge in [-0.1, -0.05) is 12.1 Å². The Morgan fingerprint density at radius 3 is 2.85 bits per heavy atom. The molecule has 1 saturated heterocycles. The third kappa shape index (κ3) is 1.70. The third-order valence-corrected chi connectivity index (χ3v) is 4.47. The van der Waals surface area contributed by atoms with Crippen LogP contribution in [0.2, 0.25) is 0 Å². The Bertz CT molecular complexity index is 834. The lowest BCUT2D eigenvalue weighted by molar-refractivity contribution is 0.841. The smallest absolute Gasteiger partial charge is 0.348 e. The van der Waals surface area contributed by atoms with E-state index in [4.69, 9.17) is 4.98 Å². The van der Waals surface area contributed by atoms with Crippen molar-refractivity contribution in [2.75, 3.05) is 29.5 Å². The molecule has 7 heteroatoms. The SMILES string of the molecule is O=c1[nH]nc2c(N3CCSCC3)nc3ccccc3n12. The monoisotopic (exact) mass is 287 g/mol. The van der Waals surface area contributed by atoms with Crippen LogP contribution >= 0.6 is 11.8 Å². The van der Waals surface area contributed by atoms with Crippen molar-refractivity contribution in [1.82, 2.24) is 19.6 Å². The summed E-state index contributed by atoms with van der Waals surface area (Å²) < 4.78 is 1.61. The summed E-state index contributed by atoms with van der Waals surface area (Å²) in [5.74, 6) is 2.95. The van der Waals surface area contributed by atoms with Crippen LogP contribution < -0.4 is 10.6 Å². The van der Waals surface area contributed by atoms with E-state index < -0.39 is 0 Å². The zero-order valence-corrected chi connectivity index (χ0v) is 11.6. The Labute approximate surface area is 118 Å². The van der Waals surface area contributed by atoms with E-state index in [1.165, 1.54) is 0 Å². The van der Waals surface area contributed by atoms with Gasteiger partial charge in [0.2, 0.25) is 5.65 Å². The second-order valence-electron chi connectivity index (χ2n) is 4.71. The maximum atomic E-state index is 12.0. The summed E-state index contributed by atoms with van der Waals surface area (Å²) in [6.45, 7) is 1.87. The van der Waals surface area contributed by atoms with E-state index in [1.807, 2.05) is 36.0 Å². The van der Waals surface area contributed by atoms with Crippen LogP contribution in [0.5, 0.6) is 0 Å². The van der Waals surface area contributed by atoms with Gasteiger partial charge in [-0.05, 0) is 12.1 Å². The number of H-pyrrole nitrogens is 1. The van der Waals surface area contributed by atoms with Crippen molar-refractivity contribution in [3.8, 4) is 0 Å². The van der Waals surface area contributed by atoms with E-state index in [2.05, 4.69) is 15.1 Å². The molecule has 3 aromatic rings. The van der Waals surface area contributed by atoms with Crippen LogP contribution in [-0.2, 0) is 0 Å². The lowest BCUT2D eigenvalue weighted by Gasteiger charge is -2.27. The number of nitrogens with zero attached hydrogens (tertiary/aromatic N) is 4. The van der Waals surface area contributed by atoms with Gasteiger partial charge in [-0.3, -0.25) is 0 Å². The Kier molecular flexibility index (Phi) is 2.66. The normalized spacial score (nSPS) is 16.1. The highest BCUT2D eigenvalue weighted by Gasteiger charge is 2.19. The number of nitrogens with one attached hydrogen (secondary N) is 1. The quantitative estimate of drug-likeness (QED) is 0.726. The number of benzene rings is 1. The lowest BCUT2D eigenvalue weighted by Crippen LogP contribution is -2.33. The van der Waals surface area contributed by atoms with Gasteiger partial charge in [0.05, 0.1) is 11.0 Å². The molecular weight excluding hydrogens is 274 g/mol. The Morgan fingerprint density at radius 1 is 1.20 bits per heavy atom. The van der Waals surface area contributed by atoms with Gasteiger partial charge in [0.1, 0.15) is 0 Å². The summed E-state index contributed by atoms with van der Waals surface area (Å²) in [7, 11) is 0. The van der Waals surface area contributed by atoms with Gasteiger partial charge >= 0.3 is 5.69 Å². The molecule has 1 N–H and O–H groups in total. The summed E-state index contributed by atoms with van der Waals surface area (Å²) in [5, 5.41) is 6.69. The molecule has 4 rings (SSSR count). The molecule has 0 atom stereocenters. The fourth-order valence-corrected chi connectivity index (χ4v) is 3.47. The molecule has 0 aliphatic carbocycles. The van der Waals surface area contributed by atoms with E-state index in [9.17, 15) is 4.79 Å². The fraction of sp³-hybridized carbons (Fsp3) is 0.308. The Balaban J connectivity index is 2.05. The second-order valence-corrected chi connectivity index (χ2v) is 5.94. The largest absolute Gasteiger partial charge is 0.352 e. The molecule has 0 spiro atoms. The number of para-hydroxylation sites is 2. The number of aromatic amines is 1. The van der Waals surface area contributed by atoms with E-state index in [1.54, 1.807) is 4.40 Å². The average Bonchev–Trinajstić information content (AvgIpc) is 2.90. The minimum atomic E-state index is -0.216. The third-order valence-electron chi connectivity index (χ3n) is 3.53. The molecule has 0 bridgehead atoms. The van der Waals surface area contributed by atoms with Gasteiger partial charge < -0.3 is 4.90 Å². The van der Waals surface area contributed by atoms with Crippen LogP contribution in [0.15, 0.2) is 29.1 Å². The fourth-order valence-electron chi connectivity index (χ4n) is 2.57. The first-order chi connectivity index (χ1) is 9.84. The molecule has 0 radical (unpaired) electrons. The van der Waals surface area contributed by atoms with Gasteiger partial charge in [-0.15, -0.1) is 5.10 Å². The van der Waals surface area contributed by atoms with Crippen molar-refractivity contribution in [3.05, 3.63) is 34.7 Å². The van der Waals surface area contributed by atoms with E-state index in [-0.39, 0.29) is 5.69 Å². The molecule has 102 valence electrons. The van der Waals surface area contributed by atoms with E-state index >= 15 is 0 Å². The van der Waals surface area contributed by atoms with Crippen molar-refractivity contribution in [1.29, 1.82) is 0 Å². The number of rotatable bonds is 1. The molecule has 3 heterocycles. The van der Waals surface area contributed by atoms with Gasteiger partial charge in [0.25, 0.3) is 0 Å². The Hall–Kier alpha value is -2.02. The van der Waals surface area contributed by atoms with E-state index in [0.717, 1.165) is 41.4 Å². The highest BCUT2D eigenvalue weighted by molar-refractivity contribution is 7.99. The number of hydrogen-bond acceptors (Lipinski definition) is 5. The minimum Gasteiger partial charge on any atom is -0.352 e. The summed E-state index contributed by atoms with van der Waals surface area (Å²) in [6.07, 6.45) is 0. The number of fused-ring (bicyclic) bond motifs is 3. The van der Waals surface area contributed by atoms with Crippen LogP contribution in [-0.4, -0.2) is 44.2 Å². The first kappa shape index (κ1) is 11.8. The maximum Gasteiger partial charge on any atom is 0.348 e. The highest BCUT2D eigenvalue weighted by atomic mass is 32.2. The molecule has 0 amide bonds. The number of thioether (sulfide) groups is 1. The standard InChI is InChI=1S/C13H13N5OS/c19-13-16-15-12-11(17-5-7-20-8-6-17)14-9-3-1-2-4-10(9)18(12)13/h1-4H,5-8H2,(H,16,19). The van der Waals surface area contributed by atoms with Gasteiger partial charge in [0.15, 0.2) is 5.82 Å². The highest BCUT2D eigenvalue weighted by Crippen LogP contribution is 2.24. The molecule has 20 heavy (non-hydrogen) atoms. The minimum absolute atomic E-state index is 0.216. The first-order valence-corrected chi connectivity index (χ1v) is 7.68. The van der Waals surface area contributed by atoms with Crippen LogP contribution in [0.3, 0.4) is 0 Å². The van der Waals surface area contributed by atoms with Crippen molar-refractivity contribution in [2.45, 2.75) is 0 Å². The summed E-state index contributed by atoms with van der Waals surface area (Å²) >= 11 is 1.94. The van der Waals surface area contributed by atoms with Crippen molar-refractivity contribution in [2.24, 2.45) is 0 Å². The summed E-state index contributed by atoms with van der Waals surface area (Å²) in [6, 6.07) is 7.65. The van der Waals surface area contributed by atoms with Gasteiger partial charge in [0, 0.05) is 24.6 Å². The lowest BCUT2D eigenvalue weighted by atomic mass is 10.3. The molecule has 1 aromatic carbocycles. The molecule has 2 aromatic heterocycles. The predicted molar refractivity (Wildman–Crippen MR) is 80.7 cm³/mol. The van der Waals surface area contributed by atoms with Crippen LogP contribution in [0.4, 0.5) is 5.82 Å². The zero-order chi connectivity index (χ0) is 13.5. The topological polar surface area (TPSA) is 66.3 Å². The van der Waals surface area contributed by atoms with Crippen molar-refractivity contribution in [3.63, 3.8) is 0 Å². The maximum absolute atomic E-state index is 12.0. The first-order valence-electron chi connectivity index (χ1n) is 6.53. The van der Waals surface area contributed by atoms with Crippen LogP contribution in [0, 0.1) is 0 Å². The number of anilines is 1. The van der Waals surface area contributed by atoms with Crippen LogP contribution in [0.25, 0.3) is 16.7 Å². The molecular formula is C13H13N5OS. The summed E-state index contributed by atoms with van der Waals surface area (Å²) in [4.78, 5) is 18.9. The molecule has 0 saturated carbocycles. The predicted octanol–water partition coefficient (Wildman–Crippen LogP) is 1.12. The van der Waals surface area contributed by atoms with Gasteiger partial charge in [-0.2, -0.15) is 11.8 Å². The number of hydrogen-bond donors (Lipinski definition) is 1. The Morgan fingerprint density at radius 2 is 2.00 bits per heavy atom. The van der Waals surface area contributed by atoms with E-state index in [0.29, 0.717) is 5.65 Å². The molecule has 1 fully saturated rings. The molecule has 0 unspecified atom stereocenters. The van der Waals surface area contributed by atoms with Crippen molar-refractivity contribution >= 4 is 34.3 Å². The zero-order valence-electron chi connectivity index (χ0n) is 10.7. The summed E-state index contributed by atoms with van der Waals surface area (Å²) in [5.41, 5.74) is 2.00. The molecule has 1 aliphatic rings. The van der Waals surface area contributed by atoms with Crippen molar-refractivity contribution < 1.29 is 0 Å². The molecule has 1 aliphatic heterocycles. The van der Waals surface area contributed by atoms with Crippen LogP contribution in [0.1, 0.15) is 0 Å². The number of aromatic nitrogens is 4.